The number of ether oxygens (including phenoxy) is 1. The van der Waals surface area contributed by atoms with Gasteiger partial charge in [0.05, 0.1) is 35.1 Å². The van der Waals surface area contributed by atoms with Crippen molar-refractivity contribution in [1.29, 1.82) is 0 Å². The highest BCUT2D eigenvalue weighted by Crippen LogP contribution is 2.28. The molecule has 0 saturated carbocycles. The predicted molar refractivity (Wildman–Crippen MR) is 118 cm³/mol. The van der Waals surface area contributed by atoms with E-state index in [0.29, 0.717) is 40.5 Å². The molecule has 0 radical (unpaired) electrons. The number of nitrogens with zero attached hydrogens (tertiary/aromatic N) is 2. The molecule has 1 heterocycles. The maximum Gasteiger partial charge on any atom is 0.280 e. The van der Waals surface area contributed by atoms with Gasteiger partial charge in [0, 0.05) is 23.8 Å². The number of fused-ring (bicyclic) bond motifs is 1. The second-order valence-corrected chi connectivity index (χ2v) is 6.60. The first kappa shape index (κ1) is 22.7. The molecular weight excluding hydrogens is 421 g/mol. The number of hydrogen-bond donors (Lipinski definition) is 2. The quantitative estimate of drug-likeness (QED) is 0.441. The molecule has 0 amide bonds. The molecule has 4 rings (SSSR count). The Morgan fingerprint density at radius 3 is 2.19 bits per heavy atom. The molecule has 9 heteroatoms. The van der Waals surface area contributed by atoms with Gasteiger partial charge in [-0.3, -0.25) is 4.79 Å². The second kappa shape index (κ2) is 9.42. The Hall–Kier alpha value is -4.01. The van der Waals surface area contributed by atoms with Crippen molar-refractivity contribution < 1.29 is 17.9 Å². The third kappa shape index (κ3) is 4.66. The van der Waals surface area contributed by atoms with Crippen LogP contribution in [0, 0.1) is 17.5 Å². The summed E-state index contributed by atoms with van der Waals surface area (Å²) in [5, 5.41) is 0.182. The summed E-state index contributed by atoms with van der Waals surface area (Å²) >= 11 is 0. The van der Waals surface area contributed by atoms with Gasteiger partial charge < -0.3 is 20.8 Å². The fourth-order valence-electron chi connectivity index (χ4n) is 3.03. The first-order valence-corrected chi connectivity index (χ1v) is 9.77. The van der Waals surface area contributed by atoms with E-state index >= 15 is 0 Å². The maximum absolute atomic E-state index is 14.0. The zero-order chi connectivity index (χ0) is 23.4. The fourth-order valence-corrected chi connectivity index (χ4v) is 3.03. The van der Waals surface area contributed by atoms with Crippen LogP contribution >= 0.6 is 0 Å². The lowest BCUT2D eigenvalue weighted by Gasteiger charge is -2.13. The van der Waals surface area contributed by atoms with Gasteiger partial charge in [0.25, 0.3) is 5.56 Å². The highest BCUT2D eigenvalue weighted by Gasteiger charge is 2.14. The van der Waals surface area contributed by atoms with E-state index in [1.807, 2.05) is 13.8 Å². The van der Waals surface area contributed by atoms with Crippen LogP contribution in [0.1, 0.15) is 19.4 Å². The molecule has 0 aliphatic carbocycles. The molecule has 3 aromatic carbocycles. The number of rotatable bonds is 4. The van der Waals surface area contributed by atoms with Crippen LogP contribution in [0.25, 0.3) is 10.9 Å². The van der Waals surface area contributed by atoms with Gasteiger partial charge in [-0.2, -0.15) is 4.98 Å². The molecule has 4 N–H and O–H groups in total. The van der Waals surface area contributed by atoms with E-state index in [1.165, 1.54) is 17.0 Å². The summed E-state index contributed by atoms with van der Waals surface area (Å²) < 4.78 is 48.3. The summed E-state index contributed by atoms with van der Waals surface area (Å²) in [6.45, 7) is 3.72. The van der Waals surface area contributed by atoms with Crippen molar-refractivity contribution in [2.45, 2.75) is 20.4 Å². The molecule has 0 fully saturated rings. The molecule has 166 valence electrons. The van der Waals surface area contributed by atoms with Crippen LogP contribution in [0.4, 0.5) is 24.5 Å². The predicted octanol–water partition coefficient (Wildman–Crippen LogP) is 4.85. The molecule has 0 aliphatic rings. The van der Waals surface area contributed by atoms with E-state index in [2.05, 4.69) is 4.98 Å². The largest absolute Gasteiger partial charge is 0.457 e. The topological polar surface area (TPSA) is 96.2 Å². The summed E-state index contributed by atoms with van der Waals surface area (Å²) in [6.07, 6.45) is 1.17. The lowest BCUT2D eigenvalue weighted by atomic mass is 10.1. The third-order valence-electron chi connectivity index (χ3n) is 4.55. The Balaban J connectivity index is 0.00000141. The number of anilines is 2. The maximum atomic E-state index is 14.0. The normalized spacial score (nSPS) is 10.5. The van der Waals surface area contributed by atoms with Crippen molar-refractivity contribution in [3.63, 3.8) is 0 Å². The van der Waals surface area contributed by atoms with Crippen molar-refractivity contribution >= 4 is 22.3 Å². The lowest BCUT2D eigenvalue weighted by molar-refractivity contribution is 0.483. The zero-order valence-corrected chi connectivity index (χ0v) is 17.4. The first-order chi connectivity index (χ1) is 15.3. The van der Waals surface area contributed by atoms with Crippen molar-refractivity contribution in [2.75, 3.05) is 11.5 Å². The van der Waals surface area contributed by atoms with Gasteiger partial charge in [0.1, 0.15) is 29.0 Å². The average Bonchev–Trinajstić information content (AvgIpc) is 2.76. The summed E-state index contributed by atoms with van der Waals surface area (Å²) in [6, 6.07) is 10.6. The molecule has 6 nitrogen and oxygen atoms in total. The molecular formula is C23H21F3N4O2. The highest BCUT2D eigenvalue weighted by molar-refractivity contribution is 5.80. The van der Waals surface area contributed by atoms with Crippen molar-refractivity contribution in [1.82, 2.24) is 9.55 Å². The Bertz CT molecular complexity index is 1320. The molecule has 4 aromatic rings. The molecule has 0 bridgehead atoms. The van der Waals surface area contributed by atoms with Crippen LogP contribution < -0.4 is 21.8 Å². The van der Waals surface area contributed by atoms with Crippen LogP contribution in [-0.4, -0.2) is 9.55 Å². The molecule has 0 saturated heterocycles. The van der Waals surface area contributed by atoms with Crippen LogP contribution in [-0.2, 0) is 6.54 Å². The van der Waals surface area contributed by atoms with E-state index < -0.39 is 23.0 Å². The monoisotopic (exact) mass is 442 g/mol. The van der Waals surface area contributed by atoms with Crippen LogP contribution in [0.2, 0.25) is 0 Å². The summed E-state index contributed by atoms with van der Waals surface area (Å²) in [5.74, 6) is -2.31. The molecule has 0 atom stereocenters. The second-order valence-electron chi connectivity index (χ2n) is 6.60. The molecule has 0 unspecified atom stereocenters. The number of benzene rings is 3. The smallest absolute Gasteiger partial charge is 0.280 e. The Labute approximate surface area is 181 Å². The minimum absolute atomic E-state index is 0.182. The van der Waals surface area contributed by atoms with Gasteiger partial charge in [0.15, 0.2) is 0 Å². The van der Waals surface area contributed by atoms with E-state index in [0.717, 1.165) is 0 Å². The number of nitrogens with two attached hydrogens (primary N) is 2. The molecule has 0 aliphatic heterocycles. The van der Waals surface area contributed by atoms with E-state index in [1.54, 1.807) is 30.3 Å². The minimum Gasteiger partial charge on any atom is -0.457 e. The highest BCUT2D eigenvalue weighted by atomic mass is 19.1. The van der Waals surface area contributed by atoms with Crippen molar-refractivity contribution in [2.24, 2.45) is 0 Å². The standard InChI is InChI=1S/C21H15F3N4O2.C2H6/c22-11-5-16(23)15(17(24)6-11)9-28-10-27-21(29)14-7-12(2-4-20(14)28)30-13-1-3-18(25)19(26)8-13;1-2/h1-8,10H,9,25-26H2;1-2H3. The summed E-state index contributed by atoms with van der Waals surface area (Å²) in [7, 11) is 0. The Morgan fingerprint density at radius 2 is 1.53 bits per heavy atom. The van der Waals surface area contributed by atoms with Crippen molar-refractivity contribution in [3.8, 4) is 11.5 Å². The van der Waals surface area contributed by atoms with Gasteiger partial charge in [-0.1, -0.05) is 13.8 Å². The van der Waals surface area contributed by atoms with E-state index in [4.69, 9.17) is 16.2 Å². The zero-order valence-electron chi connectivity index (χ0n) is 17.4. The van der Waals surface area contributed by atoms with Gasteiger partial charge in [-0.25, -0.2) is 13.2 Å². The van der Waals surface area contributed by atoms with Gasteiger partial charge in [-0.15, -0.1) is 0 Å². The van der Waals surface area contributed by atoms with Crippen LogP contribution in [0.15, 0.2) is 59.7 Å². The summed E-state index contributed by atoms with van der Waals surface area (Å²) in [4.78, 5) is 16.0. The number of hydrogen-bond acceptors (Lipinski definition) is 5. The average molecular weight is 442 g/mol. The van der Waals surface area contributed by atoms with E-state index in [9.17, 15) is 18.0 Å². The van der Waals surface area contributed by atoms with Gasteiger partial charge >= 0.3 is 0 Å². The Kier molecular flexibility index (Phi) is 6.67. The Morgan fingerprint density at radius 1 is 0.906 bits per heavy atom. The number of halogens is 3. The molecule has 0 spiro atoms. The fraction of sp³-hybridized carbons (Fsp3) is 0.130. The SMILES string of the molecule is CC.Nc1ccc(Oc2ccc3c(c2)c(=O)ncn3Cc2c(F)cc(F)cc2F)cc1N. The van der Waals surface area contributed by atoms with Crippen LogP contribution in [0.5, 0.6) is 11.5 Å². The van der Waals surface area contributed by atoms with Crippen molar-refractivity contribution in [3.05, 3.63) is 88.2 Å². The summed E-state index contributed by atoms with van der Waals surface area (Å²) in [5.41, 5.74) is 11.7. The van der Waals surface area contributed by atoms with Crippen LogP contribution in [0.3, 0.4) is 0 Å². The first-order valence-electron chi connectivity index (χ1n) is 9.77. The number of nitrogen functional groups attached to an aromatic ring is 2. The third-order valence-corrected chi connectivity index (χ3v) is 4.55. The molecule has 32 heavy (non-hydrogen) atoms. The number of aromatic nitrogens is 2. The molecule has 1 aromatic heterocycles. The minimum atomic E-state index is -1.03. The van der Waals surface area contributed by atoms with Gasteiger partial charge in [0.2, 0.25) is 0 Å². The lowest BCUT2D eigenvalue weighted by Crippen LogP contribution is -2.14. The van der Waals surface area contributed by atoms with Gasteiger partial charge in [-0.05, 0) is 30.3 Å². The van der Waals surface area contributed by atoms with E-state index in [-0.39, 0.29) is 17.5 Å².